The highest BCUT2D eigenvalue weighted by Gasteiger charge is 2.26. The van der Waals surface area contributed by atoms with E-state index in [9.17, 15) is 0 Å². The molecule has 2 atom stereocenters. The smallest absolute Gasteiger partial charge is 0.118 e. The summed E-state index contributed by atoms with van der Waals surface area (Å²) in [6.07, 6.45) is 14.6. The van der Waals surface area contributed by atoms with E-state index in [-0.39, 0.29) is 0 Å². The number of benzene rings is 1. The quantitative estimate of drug-likeness (QED) is 0.413. The van der Waals surface area contributed by atoms with Crippen molar-refractivity contribution in [1.82, 2.24) is 24.4 Å². The number of nitrogens with zero attached hydrogens (tertiary/aromatic N) is 6. The van der Waals surface area contributed by atoms with Gasteiger partial charge in [-0.05, 0) is 42.5 Å². The van der Waals surface area contributed by atoms with Gasteiger partial charge in [0.1, 0.15) is 5.75 Å². The number of methoxy groups -OCH3 is 1. The molecule has 34 heavy (non-hydrogen) atoms. The van der Waals surface area contributed by atoms with Crippen molar-refractivity contribution < 1.29 is 4.74 Å². The minimum absolute atomic E-state index is 0.447. The van der Waals surface area contributed by atoms with Crippen LogP contribution < -0.4 is 10.5 Å². The molecule has 5 rings (SSSR count). The Balaban J connectivity index is 1.43. The molecule has 0 amide bonds. The van der Waals surface area contributed by atoms with E-state index in [1.165, 1.54) is 25.5 Å². The number of rotatable bonds is 7. The van der Waals surface area contributed by atoms with Crippen LogP contribution in [-0.4, -0.2) is 37.7 Å². The molecule has 0 bridgehead atoms. The van der Waals surface area contributed by atoms with Gasteiger partial charge >= 0.3 is 0 Å². The molecule has 8 heteroatoms. The third-order valence-corrected chi connectivity index (χ3v) is 6.56. The maximum Gasteiger partial charge on any atom is 0.118 e. The number of ether oxygens (including phenoxy) is 1. The first-order valence-electron chi connectivity index (χ1n) is 11.6. The van der Waals surface area contributed by atoms with Gasteiger partial charge in [0.15, 0.2) is 0 Å². The topological polar surface area (TPSA) is 95.6 Å². The first kappa shape index (κ1) is 21.9. The summed E-state index contributed by atoms with van der Waals surface area (Å²) in [7, 11) is 1.66. The van der Waals surface area contributed by atoms with Crippen LogP contribution in [0.2, 0.25) is 0 Å². The molecule has 1 saturated carbocycles. The van der Waals surface area contributed by atoms with Crippen molar-refractivity contribution in [3.63, 3.8) is 0 Å². The van der Waals surface area contributed by atoms with Crippen LogP contribution in [0, 0.1) is 5.92 Å². The summed E-state index contributed by atoms with van der Waals surface area (Å²) < 4.78 is 9.14. The van der Waals surface area contributed by atoms with Gasteiger partial charge in [-0.3, -0.25) is 9.67 Å². The van der Waals surface area contributed by atoms with Crippen molar-refractivity contribution in [3.8, 4) is 17.0 Å². The maximum atomic E-state index is 5.98. The summed E-state index contributed by atoms with van der Waals surface area (Å²) in [4.78, 5) is 9.53. The average molecular weight is 456 g/mol. The van der Waals surface area contributed by atoms with E-state index in [1.807, 2.05) is 47.2 Å². The molecule has 0 unspecified atom stereocenters. The van der Waals surface area contributed by atoms with E-state index in [1.54, 1.807) is 19.5 Å². The number of nitrogens with two attached hydrogens (primary N) is 1. The predicted octanol–water partition coefficient (Wildman–Crippen LogP) is 4.53. The van der Waals surface area contributed by atoms with E-state index in [0.717, 1.165) is 33.7 Å². The van der Waals surface area contributed by atoms with Gasteiger partial charge in [0, 0.05) is 29.7 Å². The number of aliphatic imine (C=N–C) groups is 1. The first-order valence-corrected chi connectivity index (χ1v) is 11.6. The number of fused-ring (bicyclic) bond motifs is 1. The Hall–Kier alpha value is -3.94. The summed E-state index contributed by atoms with van der Waals surface area (Å²) in [5.74, 6) is 1.46. The van der Waals surface area contributed by atoms with Gasteiger partial charge in [-0.15, -0.1) is 0 Å². The fraction of sp³-hybridized carbons (Fsp3) is 0.308. The molecule has 3 aromatic heterocycles. The van der Waals surface area contributed by atoms with Crippen LogP contribution in [0.1, 0.15) is 43.5 Å². The van der Waals surface area contributed by atoms with E-state index >= 15 is 0 Å². The minimum Gasteiger partial charge on any atom is -0.497 e. The first-order chi connectivity index (χ1) is 16.7. The zero-order chi connectivity index (χ0) is 23.5. The molecule has 0 saturated heterocycles. The lowest BCUT2D eigenvalue weighted by Gasteiger charge is -2.15. The van der Waals surface area contributed by atoms with Crippen LogP contribution in [0.15, 0.2) is 66.3 Å². The van der Waals surface area contributed by atoms with Crippen molar-refractivity contribution in [2.45, 2.75) is 38.8 Å². The van der Waals surface area contributed by atoms with Gasteiger partial charge in [0.25, 0.3) is 0 Å². The zero-order valence-corrected chi connectivity index (χ0v) is 19.5. The second kappa shape index (κ2) is 9.51. The van der Waals surface area contributed by atoms with Crippen LogP contribution in [0.3, 0.4) is 0 Å². The fourth-order valence-corrected chi connectivity index (χ4v) is 4.61. The van der Waals surface area contributed by atoms with Crippen molar-refractivity contribution in [2.75, 3.05) is 7.11 Å². The third kappa shape index (κ3) is 4.31. The zero-order valence-electron chi connectivity index (χ0n) is 19.5. The molecule has 2 N–H and O–H groups in total. The molecule has 4 aromatic rings. The Bertz CT molecular complexity index is 1330. The Kier molecular flexibility index (Phi) is 6.12. The Morgan fingerprint density at radius 3 is 2.76 bits per heavy atom. The Labute approximate surface area is 198 Å². The summed E-state index contributed by atoms with van der Waals surface area (Å²) >= 11 is 0. The lowest BCUT2D eigenvalue weighted by molar-refractivity contribution is 0.375. The monoisotopic (exact) mass is 455 g/mol. The molecular formula is C26H29N7O. The highest BCUT2D eigenvalue weighted by atomic mass is 16.5. The highest BCUT2D eigenvalue weighted by Crippen LogP contribution is 2.36. The van der Waals surface area contributed by atoms with Crippen molar-refractivity contribution in [1.29, 1.82) is 0 Å². The summed E-state index contributed by atoms with van der Waals surface area (Å²) in [6, 6.07) is 10.3. The molecule has 1 fully saturated rings. The second-order valence-electron chi connectivity index (χ2n) is 8.76. The number of allylic oxidation sites excluding steroid dienone is 1. The largest absolute Gasteiger partial charge is 0.497 e. The molecule has 1 aliphatic rings. The number of aromatic nitrogens is 5. The Morgan fingerprint density at radius 2 is 2.03 bits per heavy atom. The average Bonchev–Trinajstić information content (AvgIpc) is 3.62. The molecule has 174 valence electrons. The molecule has 1 aromatic carbocycles. The lowest BCUT2D eigenvalue weighted by Crippen LogP contribution is -2.11. The second-order valence-corrected chi connectivity index (χ2v) is 8.76. The van der Waals surface area contributed by atoms with E-state index in [0.29, 0.717) is 24.2 Å². The van der Waals surface area contributed by atoms with Gasteiger partial charge in [-0.2, -0.15) is 10.2 Å². The van der Waals surface area contributed by atoms with Crippen LogP contribution in [0.4, 0.5) is 0 Å². The van der Waals surface area contributed by atoms with Crippen molar-refractivity contribution in [3.05, 3.63) is 72.6 Å². The highest BCUT2D eigenvalue weighted by molar-refractivity contribution is 6.09. The fourth-order valence-electron chi connectivity index (χ4n) is 4.61. The SMILES string of the molecule is COc1ccc(CN=CC(=CN)c2cn3nccc3c(-c3cnn([C@@H]4CCC[C@@H]4C)c3)n2)cc1. The number of hydrogen-bond donors (Lipinski definition) is 1. The van der Waals surface area contributed by atoms with Gasteiger partial charge in [-0.25, -0.2) is 9.50 Å². The van der Waals surface area contributed by atoms with Gasteiger partial charge in [0.05, 0.1) is 55.2 Å². The summed E-state index contributed by atoms with van der Waals surface area (Å²) in [5.41, 5.74) is 11.2. The maximum absolute atomic E-state index is 5.98. The summed E-state index contributed by atoms with van der Waals surface area (Å²) in [5, 5.41) is 9.13. The molecule has 0 radical (unpaired) electrons. The minimum atomic E-state index is 0.447. The van der Waals surface area contributed by atoms with E-state index in [2.05, 4.69) is 33.0 Å². The Morgan fingerprint density at radius 1 is 1.18 bits per heavy atom. The van der Waals surface area contributed by atoms with Crippen molar-refractivity contribution in [2.24, 2.45) is 16.6 Å². The molecule has 0 spiro atoms. The van der Waals surface area contributed by atoms with Crippen LogP contribution in [-0.2, 0) is 6.54 Å². The van der Waals surface area contributed by atoms with Gasteiger partial charge in [0.2, 0.25) is 0 Å². The van der Waals surface area contributed by atoms with Gasteiger partial charge in [-0.1, -0.05) is 25.5 Å². The normalized spacial score (nSPS) is 18.8. The van der Waals surface area contributed by atoms with Crippen molar-refractivity contribution >= 4 is 17.3 Å². The van der Waals surface area contributed by atoms with Crippen LogP contribution in [0.5, 0.6) is 5.75 Å². The van der Waals surface area contributed by atoms with Crippen LogP contribution >= 0.6 is 0 Å². The molecule has 3 heterocycles. The third-order valence-electron chi connectivity index (χ3n) is 6.56. The predicted molar refractivity (Wildman–Crippen MR) is 134 cm³/mol. The van der Waals surface area contributed by atoms with Crippen LogP contribution in [0.25, 0.3) is 22.3 Å². The molecule has 1 aliphatic carbocycles. The van der Waals surface area contributed by atoms with E-state index in [4.69, 9.17) is 15.5 Å². The number of hydrogen-bond acceptors (Lipinski definition) is 6. The molecular weight excluding hydrogens is 426 g/mol. The molecule has 0 aliphatic heterocycles. The lowest BCUT2D eigenvalue weighted by atomic mass is 10.1. The van der Waals surface area contributed by atoms with Gasteiger partial charge < -0.3 is 10.5 Å². The standard InChI is InChI=1S/C26H29N7O/c1-18-4-3-5-24(18)32-16-21(15-30-32)26-25-10-11-29-33(25)17-23(31-26)20(12-27)14-28-13-19-6-8-22(34-2)9-7-19/h6-12,14-18,24H,3-5,13,27H2,1-2H3/t18-,24+/m0/s1. The molecule has 8 nitrogen and oxygen atoms in total. The van der Waals surface area contributed by atoms with E-state index < -0.39 is 0 Å². The summed E-state index contributed by atoms with van der Waals surface area (Å²) in [6.45, 7) is 2.83.